The van der Waals surface area contributed by atoms with Crippen LogP contribution in [0.1, 0.15) is 19.3 Å². The van der Waals surface area contributed by atoms with Crippen molar-refractivity contribution in [1.82, 2.24) is 0 Å². The molecular formula is C7H10O. The van der Waals surface area contributed by atoms with E-state index in [1.54, 1.807) is 0 Å². The van der Waals surface area contributed by atoms with Gasteiger partial charge in [-0.15, -0.1) is 0 Å². The Kier molecular flexibility index (Phi) is 0.418. The minimum atomic E-state index is 0.477. The third kappa shape index (κ3) is 0.278. The SMILES string of the molecule is C1CC2(CO2)C2CC12. The molecule has 2 aliphatic carbocycles. The maximum atomic E-state index is 5.41. The number of epoxide rings is 1. The van der Waals surface area contributed by atoms with E-state index in [0.717, 1.165) is 18.4 Å². The summed E-state index contributed by atoms with van der Waals surface area (Å²) in [6.45, 7) is 1.09. The summed E-state index contributed by atoms with van der Waals surface area (Å²) >= 11 is 0. The molecule has 0 aromatic rings. The van der Waals surface area contributed by atoms with Crippen molar-refractivity contribution in [2.45, 2.75) is 24.9 Å². The first kappa shape index (κ1) is 3.89. The van der Waals surface area contributed by atoms with Crippen LogP contribution in [0.2, 0.25) is 0 Å². The monoisotopic (exact) mass is 110 g/mol. The smallest absolute Gasteiger partial charge is 0.0947 e. The molecule has 8 heavy (non-hydrogen) atoms. The topological polar surface area (TPSA) is 12.5 Å². The lowest BCUT2D eigenvalue weighted by Crippen LogP contribution is -2.07. The van der Waals surface area contributed by atoms with E-state index in [1.165, 1.54) is 19.3 Å². The lowest BCUT2D eigenvalue weighted by molar-refractivity contribution is 0.282. The summed E-state index contributed by atoms with van der Waals surface area (Å²) in [6, 6.07) is 0. The maximum Gasteiger partial charge on any atom is 0.0947 e. The molecule has 44 valence electrons. The summed E-state index contributed by atoms with van der Waals surface area (Å²) < 4.78 is 5.41. The van der Waals surface area contributed by atoms with E-state index in [0.29, 0.717) is 5.60 Å². The number of rotatable bonds is 0. The third-order valence-corrected chi connectivity index (χ3v) is 3.05. The van der Waals surface area contributed by atoms with Gasteiger partial charge >= 0.3 is 0 Å². The zero-order valence-electron chi connectivity index (χ0n) is 4.89. The molecular weight excluding hydrogens is 100 g/mol. The first-order valence-electron chi connectivity index (χ1n) is 3.55. The highest BCUT2D eigenvalue weighted by Crippen LogP contribution is 2.64. The Morgan fingerprint density at radius 3 is 2.62 bits per heavy atom. The van der Waals surface area contributed by atoms with Gasteiger partial charge in [0, 0.05) is 0 Å². The summed E-state index contributed by atoms with van der Waals surface area (Å²) in [4.78, 5) is 0. The van der Waals surface area contributed by atoms with Gasteiger partial charge in [-0.25, -0.2) is 0 Å². The van der Waals surface area contributed by atoms with Gasteiger partial charge in [0.15, 0.2) is 0 Å². The first-order valence-corrected chi connectivity index (χ1v) is 3.55. The molecule has 3 unspecified atom stereocenters. The van der Waals surface area contributed by atoms with E-state index < -0.39 is 0 Å². The van der Waals surface area contributed by atoms with Crippen LogP contribution in [-0.2, 0) is 4.74 Å². The van der Waals surface area contributed by atoms with E-state index in [1.807, 2.05) is 0 Å². The minimum absolute atomic E-state index is 0.477. The Morgan fingerprint density at radius 2 is 2.38 bits per heavy atom. The molecule has 0 bridgehead atoms. The van der Waals surface area contributed by atoms with Crippen molar-refractivity contribution < 1.29 is 4.74 Å². The fourth-order valence-corrected chi connectivity index (χ4v) is 2.28. The van der Waals surface area contributed by atoms with Crippen LogP contribution < -0.4 is 0 Å². The van der Waals surface area contributed by atoms with E-state index >= 15 is 0 Å². The summed E-state index contributed by atoms with van der Waals surface area (Å²) in [5.41, 5.74) is 0.477. The molecule has 0 aromatic carbocycles. The van der Waals surface area contributed by atoms with Gasteiger partial charge in [0.1, 0.15) is 0 Å². The molecule has 1 nitrogen and oxygen atoms in total. The van der Waals surface area contributed by atoms with Crippen LogP contribution in [0.15, 0.2) is 0 Å². The predicted octanol–water partition coefficient (Wildman–Crippen LogP) is 1.19. The van der Waals surface area contributed by atoms with E-state index in [4.69, 9.17) is 4.74 Å². The molecule has 0 aromatic heterocycles. The van der Waals surface area contributed by atoms with Gasteiger partial charge in [0.25, 0.3) is 0 Å². The van der Waals surface area contributed by atoms with Gasteiger partial charge in [-0.05, 0) is 31.1 Å². The Hall–Kier alpha value is -0.0400. The van der Waals surface area contributed by atoms with Crippen molar-refractivity contribution >= 4 is 0 Å². The van der Waals surface area contributed by atoms with Crippen molar-refractivity contribution in [3.63, 3.8) is 0 Å². The molecule has 3 atom stereocenters. The summed E-state index contributed by atoms with van der Waals surface area (Å²) in [7, 11) is 0. The number of hydrogen-bond donors (Lipinski definition) is 0. The van der Waals surface area contributed by atoms with Crippen LogP contribution >= 0.6 is 0 Å². The molecule has 3 aliphatic rings. The molecule has 3 rings (SSSR count). The van der Waals surface area contributed by atoms with Crippen molar-refractivity contribution in [1.29, 1.82) is 0 Å². The molecule has 1 spiro atoms. The predicted molar refractivity (Wildman–Crippen MR) is 29.5 cm³/mol. The Bertz CT molecular complexity index is 137. The van der Waals surface area contributed by atoms with Crippen LogP contribution in [0.3, 0.4) is 0 Å². The van der Waals surface area contributed by atoms with Gasteiger partial charge in [-0.3, -0.25) is 0 Å². The molecule has 0 N–H and O–H groups in total. The molecule has 1 heterocycles. The standard InChI is InChI=1S/C7H10O/c1-2-7(4-8-7)6-3-5(1)6/h5-6H,1-4H2. The zero-order valence-corrected chi connectivity index (χ0v) is 4.89. The molecule has 0 amide bonds. The van der Waals surface area contributed by atoms with Gasteiger partial charge in [0.05, 0.1) is 12.2 Å². The van der Waals surface area contributed by atoms with Gasteiger partial charge in [0.2, 0.25) is 0 Å². The third-order valence-electron chi connectivity index (χ3n) is 3.05. The Labute approximate surface area is 49.0 Å². The fraction of sp³-hybridized carbons (Fsp3) is 1.00. The van der Waals surface area contributed by atoms with Crippen LogP contribution in [0.5, 0.6) is 0 Å². The normalized spacial score (nSPS) is 66.0. The average Bonchev–Trinajstić information content (AvgIpc) is 2.46. The van der Waals surface area contributed by atoms with Gasteiger partial charge in [-0.2, -0.15) is 0 Å². The molecule has 2 saturated carbocycles. The van der Waals surface area contributed by atoms with Crippen molar-refractivity contribution in [3.8, 4) is 0 Å². The van der Waals surface area contributed by atoms with Gasteiger partial charge in [-0.1, -0.05) is 0 Å². The molecule has 1 aliphatic heterocycles. The molecule has 3 fully saturated rings. The van der Waals surface area contributed by atoms with E-state index in [2.05, 4.69) is 0 Å². The molecule has 1 heteroatoms. The Morgan fingerprint density at radius 1 is 1.50 bits per heavy atom. The average molecular weight is 110 g/mol. The summed E-state index contributed by atoms with van der Waals surface area (Å²) in [5.74, 6) is 2.11. The minimum Gasteiger partial charge on any atom is -0.369 e. The summed E-state index contributed by atoms with van der Waals surface area (Å²) in [6.07, 6.45) is 4.33. The van der Waals surface area contributed by atoms with Crippen LogP contribution in [0, 0.1) is 11.8 Å². The highest BCUT2D eigenvalue weighted by atomic mass is 16.6. The number of fused-ring (bicyclic) bond motifs is 2. The zero-order chi connectivity index (χ0) is 5.19. The van der Waals surface area contributed by atoms with Crippen molar-refractivity contribution in [2.75, 3.05) is 6.61 Å². The maximum absolute atomic E-state index is 5.41. The van der Waals surface area contributed by atoms with E-state index in [9.17, 15) is 0 Å². The van der Waals surface area contributed by atoms with Crippen molar-refractivity contribution in [2.24, 2.45) is 11.8 Å². The molecule has 1 saturated heterocycles. The summed E-state index contributed by atoms with van der Waals surface area (Å²) in [5, 5.41) is 0. The quantitative estimate of drug-likeness (QED) is 0.427. The highest BCUT2D eigenvalue weighted by molar-refractivity contribution is 5.14. The lowest BCUT2D eigenvalue weighted by atomic mass is 10.1. The van der Waals surface area contributed by atoms with Crippen molar-refractivity contribution in [3.05, 3.63) is 0 Å². The second-order valence-electron chi connectivity index (χ2n) is 3.49. The molecule has 0 radical (unpaired) electrons. The lowest BCUT2D eigenvalue weighted by Gasteiger charge is -1.99. The second-order valence-corrected chi connectivity index (χ2v) is 3.49. The Balaban J connectivity index is 1.99. The number of hydrogen-bond acceptors (Lipinski definition) is 1. The number of ether oxygens (including phenoxy) is 1. The highest BCUT2D eigenvalue weighted by Gasteiger charge is 2.65. The second kappa shape index (κ2) is 0.860. The van der Waals surface area contributed by atoms with E-state index in [-0.39, 0.29) is 0 Å². The largest absolute Gasteiger partial charge is 0.369 e. The van der Waals surface area contributed by atoms with Gasteiger partial charge < -0.3 is 4.74 Å². The fourth-order valence-electron chi connectivity index (χ4n) is 2.28. The van der Waals surface area contributed by atoms with Crippen LogP contribution in [0.25, 0.3) is 0 Å². The van der Waals surface area contributed by atoms with Crippen LogP contribution in [0.4, 0.5) is 0 Å². The van der Waals surface area contributed by atoms with Crippen LogP contribution in [-0.4, -0.2) is 12.2 Å². The first-order chi connectivity index (χ1) is 3.91.